The van der Waals surface area contributed by atoms with Crippen molar-refractivity contribution in [2.45, 2.75) is 6.42 Å². The molecule has 0 saturated carbocycles. The molecule has 1 saturated heterocycles. The minimum absolute atomic E-state index is 0.0198. The van der Waals surface area contributed by atoms with E-state index in [2.05, 4.69) is 15.3 Å². The molecule has 0 unspecified atom stereocenters. The standard InChI is InChI=1S/C25H27ClF2N6O5S/c1-39-20-5-2-15(21(27)22(20)28)12-17-14-30-23(31-17)24(35)32-16-3-4-18(19(26)13-16)25(36)33-7-9-34(10-8-33)40(37,38)11-6-29/h2-5,13-14H,6-12,29H2,1H3,(H,30,31)(H,32,35). The maximum atomic E-state index is 14.3. The third-order valence-electron chi connectivity index (χ3n) is 6.32. The zero-order valence-electron chi connectivity index (χ0n) is 21.4. The Kier molecular flexibility index (Phi) is 9.03. The van der Waals surface area contributed by atoms with Crippen molar-refractivity contribution in [1.29, 1.82) is 0 Å². The number of halogens is 3. The number of nitrogens with one attached hydrogen (secondary N) is 2. The van der Waals surface area contributed by atoms with Crippen molar-refractivity contribution in [2.24, 2.45) is 5.73 Å². The smallest absolute Gasteiger partial charge is 0.291 e. The molecule has 1 fully saturated rings. The lowest BCUT2D eigenvalue weighted by Gasteiger charge is -2.34. The number of hydrogen-bond donors (Lipinski definition) is 3. The predicted octanol–water partition coefficient (Wildman–Crippen LogP) is 2.24. The van der Waals surface area contributed by atoms with E-state index in [-0.39, 0.29) is 78.5 Å². The molecule has 0 atom stereocenters. The first-order valence-corrected chi connectivity index (χ1v) is 14.2. The summed E-state index contributed by atoms with van der Waals surface area (Å²) in [7, 11) is -2.22. The van der Waals surface area contributed by atoms with Crippen molar-refractivity contribution in [3.63, 3.8) is 0 Å². The van der Waals surface area contributed by atoms with Gasteiger partial charge in [0.15, 0.2) is 17.4 Å². The van der Waals surface area contributed by atoms with Gasteiger partial charge in [0.05, 0.1) is 23.4 Å². The summed E-state index contributed by atoms with van der Waals surface area (Å²) in [5.41, 5.74) is 6.30. The molecule has 0 bridgehead atoms. The molecule has 4 N–H and O–H groups in total. The van der Waals surface area contributed by atoms with Gasteiger partial charge in [-0.2, -0.15) is 8.70 Å². The minimum Gasteiger partial charge on any atom is -0.494 e. The van der Waals surface area contributed by atoms with Gasteiger partial charge in [0.25, 0.3) is 11.8 Å². The van der Waals surface area contributed by atoms with Crippen molar-refractivity contribution in [3.8, 4) is 5.75 Å². The van der Waals surface area contributed by atoms with Crippen LogP contribution in [0.5, 0.6) is 5.75 Å². The summed E-state index contributed by atoms with van der Waals surface area (Å²) in [4.78, 5) is 34.0. The van der Waals surface area contributed by atoms with Crippen molar-refractivity contribution >= 4 is 39.1 Å². The first-order chi connectivity index (χ1) is 19.0. The number of amides is 2. The number of piperazine rings is 1. The largest absolute Gasteiger partial charge is 0.494 e. The molecule has 214 valence electrons. The van der Waals surface area contributed by atoms with E-state index >= 15 is 0 Å². The lowest BCUT2D eigenvalue weighted by molar-refractivity contribution is 0.0698. The van der Waals surface area contributed by atoms with Gasteiger partial charge in [-0.25, -0.2) is 17.8 Å². The van der Waals surface area contributed by atoms with Gasteiger partial charge < -0.3 is 25.7 Å². The SMILES string of the molecule is COc1ccc(Cc2cnc(C(=O)Nc3ccc(C(=O)N4CCN(S(=O)(=O)CCN)CC4)c(Cl)c3)[nH]2)c(F)c1F. The van der Waals surface area contributed by atoms with Crippen molar-refractivity contribution < 1.29 is 31.5 Å². The third-order valence-corrected chi connectivity index (χ3v) is 8.54. The van der Waals surface area contributed by atoms with Crippen LogP contribution < -0.4 is 15.8 Å². The molecule has 0 aliphatic carbocycles. The summed E-state index contributed by atoms with van der Waals surface area (Å²) in [6.07, 6.45) is 1.30. The van der Waals surface area contributed by atoms with Gasteiger partial charge in [0, 0.05) is 56.7 Å². The number of methoxy groups -OCH3 is 1. The average Bonchev–Trinajstić information content (AvgIpc) is 3.40. The Bertz CT molecular complexity index is 1530. The summed E-state index contributed by atoms with van der Waals surface area (Å²) >= 11 is 6.34. The van der Waals surface area contributed by atoms with Gasteiger partial charge in [-0.15, -0.1) is 0 Å². The minimum atomic E-state index is -3.46. The Morgan fingerprint density at radius 3 is 2.52 bits per heavy atom. The predicted molar refractivity (Wildman–Crippen MR) is 144 cm³/mol. The summed E-state index contributed by atoms with van der Waals surface area (Å²) in [5, 5.41) is 2.71. The number of nitrogens with two attached hydrogens (primary N) is 1. The maximum absolute atomic E-state index is 14.3. The van der Waals surface area contributed by atoms with E-state index in [1.54, 1.807) is 0 Å². The monoisotopic (exact) mass is 596 g/mol. The highest BCUT2D eigenvalue weighted by Crippen LogP contribution is 2.25. The van der Waals surface area contributed by atoms with Crippen LogP contribution in [0.25, 0.3) is 0 Å². The summed E-state index contributed by atoms with van der Waals surface area (Å²) in [6.45, 7) is 0.735. The highest BCUT2D eigenvalue weighted by Gasteiger charge is 2.29. The van der Waals surface area contributed by atoms with Crippen LogP contribution in [0.3, 0.4) is 0 Å². The fourth-order valence-corrected chi connectivity index (χ4v) is 5.75. The van der Waals surface area contributed by atoms with E-state index in [4.69, 9.17) is 22.1 Å². The number of H-pyrrole nitrogens is 1. The van der Waals surface area contributed by atoms with E-state index in [0.29, 0.717) is 11.4 Å². The number of nitrogens with zero attached hydrogens (tertiary/aromatic N) is 3. The van der Waals surface area contributed by atoms with E-state index < -0.39 is 27.6 Å². The fourth-order valence-electron chi connectivity index (χ4n) is 4.21. The van der Waals surface area contributed by atoms with E-state index in [9.17, 15) is 26.8 Å². The molecule has 1 aromatic heterocycles. The van der Waals surface area contributed by atoms with Crippen LogP contribution in [-0.4, -0.2) is 85.0 Å². The molecule has 40 heavy (non-hydrogen) atoms. The number of carbonyl (C=O) groups excluding carboxylic acids is 2. The van der Waals surface area contributed by atoms with Crippen LogP contribution in [-0.2, 0) is 16.4 Å². The summed E-state index contributed by atoms with van der Waals surface area (Å²) in [6, 6.07) is 7.06. The van der Waals surface area contributed by atoms with E-state index in [1.807, 2.05) is 0 Å². The van der Waals surface area contributed by atoms with Gasteiger partial charge in [-0.3, -0.25) is 9.59 Å². The maximum Gasteiger partial charge on any atom is 0.291 e. The molecule has 0 spiro atoms. The van der Waals surface area contributed by atoms with Gasteiger partial charge in [0.1, 0.15) is 0 Å². The first-order valence-electron chi connectivity index (χ1n) is 12.2. The molecular formula is C25H27ClF2N6O5S. The average molecular weight is 597 g/mol. The van der Waals surface area contributed by atoms with Gasteiger partial charge in [-0.1, -0.05) is 17.7 Å². The summed E-state index contributed by atoms with van der Waals surface area (Å²) in [5.74, 6) is -3.57. The molecule has 1 aliphatic rings. The highest BCUT2D eigenvalue weighted by molar-refractivity contribution is 7.89. The lowest BCUT2D eigenvalue weighted by atomic mass is 10.1. The van der Waals surface area contributed by atoms with E-state index in [0.717, 1.165) is 0 Å². The summed E-state index contributed by atoms with van der Waals surface area (Å²) < 4.78 is 58.7. The quantitative estimate of drug-likeness (QED) is 0.343. The number of aromatic nitrogens is 2. The van der Waals surface area contributed by atoms with Gasteiger partial charge in [-0.05, 0) is 29.8 Å². The van der Waals surface area contributed by atoms with Crippen LogP contribution in [0, 0.1) is 11.6 Å². The molecule has 1 aliphatic heterocycles. The molecular weight excluding hydrogens is 570 g/mol. The molecule has 11 nitrogen and oxygen atoms in total. The molecule has 2 heterocycles. The normalized spacial score (nSPS) is 14.3. The van der Waals surface area contributed by atoms with Crippen molar-refractivity contribution in [3.05, 3.63) is 75.8 Å². The van der Waals surface area contributed by atoms with Crippen molar-refractivity contribution in [1.82, 2.24) is 19.2 Å². The fraction of sp³-hybridized carbons (Fsp3) is 0.320. The Labute approximate surface area is 234 Å². The first kappa shape index (κ1) is 29.4. The second-order valence-electron chi connectivity index (χ2n) is 8.93. The highest BCUT2D eigenvalue weighted by atomic mass is 35.5. The number of anilines is 1. The molecule has 2 amide bonds. The Morgan fingerprint density at radius 2 is 1.88 bits per heavy atom. The van der Waals surface area contributed by atoms with Crippen LogP contribution in [0.1, 0.15) is 32.2 Å². The van der Waals surface area contributed by atoms with Gasteiger partial charge in [0.2, 0.25) is 15.8 Å². The number of carbonyl (C=O) groups is 2. The molecule has 0 radical (unpaired) electrons. The van der Waals surface area contributed by atoms with Crippen LogP contribution in [0.4, 0.5) is 14.5 Å². The molecule has 4 rings (SSSR count). The number of hydrogen-bond acceptors (Lipinski definition) is 7. The number of ether oxygens (including phenoxy) is 1. The van der Waals surface area contributed by atoms with Crippen LogP contribution >= 0.6 is 11.6 Å². The van der Waals surface area contributed by atoms with Gasteiger partial charge >= 0.3 is 0 Å². The Balaban J connectivity index is 1.37. The molecule has 2 aromatic carbocycles. The van der Waals surface area contributed by atoms with E-state index in [1.165, 1.54) is 52.8 Å². The third kappa shape index (κ3) is 6.41. The lowest BCUT2D eigenvalue weighted by Crippen LogP contribution is -2.51. The number of aromatic amines is 1. The second-order valence-corrected chi connectivity index (χ2v) is 11.4. The Morgan fingerprint density at radius 1 is 1.15 bits per heavy atom. The second kappa shape index (κ2) is 12.3. The topological polar surface area (TPSA) is 151 Å². The number of imidazole rings is 1. The molecule has 3 aromatic rings. The number of rotatable bonds is 9. The van der Waals surface area contributed by atoms with Crippen LogP contribution in [0.15, 0.2) is 36.5 Å². The van der Waals surface area contributed by atoms with Crippen molar-refractivity contribution in [2.75, 3.05) is 50.9 Å². The van der Waals surface area contributed by atoms with Crippen LogP contribution in [0.2, 0.25) is 5.02 Å². The zero-order chi connectivity index (χ0) is 29.0. The number of benzene rings is 2. The Hall–Kier alpha value is -3.59. The number of sulfonamides is 1. The zero-order valence-corrected chi connectivity index (χ0v) is 23.0. The molecule has 15 heteroatoms.